The predicted molar refractivity (Wildman–Crippen MR) is 134 cm³/mol. The number of rotatable bonds is 9. The number of nitrogens with one attached hydrogen (secondary N) is 1. The molecule has 11 heteroatoms. The molecule has 5 rings (SSSR count). The zero-order valence-electron chi connectivity index (χ0n) is 20.2. The molecule has 1 saturated carbocycles. The van der Waals surface area contributed by atoms with E-state index in [9.17, 15) is 14.7 Å². The molecule has 2 N–H and O–H groups in total. The smallest absolute Gasteiger partial charge is 0.330 e. The van der Waals surface area contributed by atoms with Gasteiger partial charge in [0.1, 0.15) is 5.52 Å². The van der Waals surface area contributed by atoms with Crippen LogP contribution in [0.15, 0.2) is 40.8 Å². The molecule has 0 bridgehead atoms. The number of hydrogen-bond donors (Lipinski definition) is 2. The van der Waals surface area contributed by atoms with E-state index >= 15 is 4.39 Å². The molecule has 1 atom stereocenters. The molecule has 0 amide bonds. The number of aliphatic carboxylic acids is 1. The Morgan fingerprint density at radius 1 is 1.14 bits per heavy atom. The minimum atomic E-state index is -2.60. The molecule has 2 aromatic heterocycles. The summed E-state index contributed by atoms with van der Waals surface area (Å²) in [6.45, 7) is 0.822. The van der Waals surface area contributed by atoms with Gasteiger partial charge in [0.2, 0.25) is 5.78 Å². The summed E-state index contributed by atoms with van der Waals surface area (Å²) in [5.74, 6) is -4.65. The molecular weight excluding hydrogens is 503 g/mol. The molecule has 0 radical (unpaired) electrons. The second kappa shape index (κ2) is 10.7. The van der Waals surface area contributed by atoms with Crippen molar-refractivity contribution in [2.75, 3.05) is 18.4 Å². The van der Waals surface area contributed by atoms with E-state index in [1.54, 1.807) is 18.2 Å². The number of ketones is 1. The first-order valence-corrected chi connectivity index (χ1v) is 12.9. The van der Waals surface area contributed by atoms with Gasteiger partial charge in [-0.05, 0) is 62.8 Å². The zero-order valence-corrected chi connectivity index (χ0v) is 20.9. The highest BCUT2D eigenvalue weighted by molar-refractivity contribution is 6.32. The number of alkyl halides is 1. The number of Topliss-reactive ketones (excluding diaryl/α,β-unsaturated/α-hetero) is 1. The lowest BCUT2D eigenvalue weighted by Crippen LogP contribution is -2.54. The quantitative estimate of drug-likeness (QED) is 0.287. The van der Waals surface area contributed by atoms with Crippen LogP contribution in [0.2, 0.25) is 5.15 Å². The molecule has 0 spiro atoms. The average Bonchev–Trinajstić information content (AvgIpc) is 3.56. The highest BCUT2D eigenvalue weighted by Crippen LogP contribution is 2.34. The molecule has 3 aromatic rings. The Balaban J connectivity index is 1.28. The number of benzene rings is 1. The third kappa shape index (κ3) is 5.61. The summed E-state index contributed by atoms with van der Waals surface area (Å²) in [7, 11) is 0. The Hall–Kier alpha value is -3.08. The Labute approximate surface area is 218 Å². The van der Waals surface area contributed by atoms with Gasteiger partial charge in [0.15, 0.2) is 10.7 Å². The van der Waals surface area contributed by atoms with Gasteiger partial charge in [-0.1, -0.05) is 23.7 Å². The van der Waals surface area contributed by atoms with Crippen LogP contribution in [-0.4, -0.2) is 56.9 Å². The molecule has 2 fully saturated rings. The van der Waals surface area contributed by atoms with Crippen LogP contribution >= 0.6 is 11.6 Å². The highest BCUT2D eigenvalue weighted by Gasteiger charge is 2.49. The van der Waals surface area contributed by atoms with Gasteiger partial charge in [0.25, 0.3) is 6.01 Å². The second-order valence-electron chi connectivity index (χ2n) is 9.54. The number of likely N-dealkylation sites (tertiary alicyclic amines) is 1. The Kier molecular flexibility index (Phi) is 7.41. The first-order chi connectivity index (χ1) is 17.8. The standard InChI is InChI=1S/C26H28ClFN4O5/c27-23-20(31-25-30-19-5-1-2-6-21(19)36-25)12-9-17(29-23)15-22(33)26(28,32-13-3-4-14-32)37-18-10-7-16(8-11-18)24(34)35/h1-2,5-6,9,12,16,18H,3-4,7-8,10-11,13-15H2,(H,30,31)(H,34,35). The number of carboxylic acids is 1. The fourth-order valence-electron chi connectivity index (χ4n) is 4.95. The van der Waals surface area contributed by atoms with Crippen molar-refractivity contribution in [2.24, 2.45) is 5.92 Å². The summed E-state index contributed by atoms with van der Waals surface area (Å²) >= 11 is 6.36. The Morgan fingerprint density at radius 3 is 2.54 bits per heavy atom. The molecule has 37 heavy (non-hydrogen) atoms. The van der Waals surface area contributed by atoms with E-state index in [1.807, 2.05) is 18.2 Å². The molecule has 1 unspecified atom stereocenters. The number of ether oxygens (including phenoxy) is 1. The van der Waals surface area contributed by atoms with Crippen molar-refractivity contribution in [1.29, 1.82) is 0 Å². The number of hydrogen-bond acceptors (Lipinski definition) is 8. The van der Waals surface area contributed by atoms with Crippen LogP contribution in [0.5, 0.6) is 0 Å². The van der Waals surface area contributed by atoms with Gasteiger partial charge in [0, 0.05) is 18.8 Å². The highest BCUT2D eigenvalue weighted by atomic mass is 35.5. The molecule has 2 aliphatic rings. The van der Waals surface area contributed by atoms with E-state index in [0.717, 1.165) is 12.8 Å². The van der Waals surface area contributed by atoms with Gasteiger partial charge >= 0.3 is 11.9 Å². The number of anilines is 2. The third-order valence-corrected chi connectivity index (χ3v) is 7.27. The number of nitrogens with zero attached hydrogens (tertiary/aromatic N) is 3. The largest absolute Gasteiger partial charge is 0.481 e. The molecule has 1 aromatic carbocycles. The number of pyridine rings is 1. The summed E-state index contributed by atoms with van der Waals surface area (Å²) < 4.78 is 27.8. The maximum Gasteiger partial charge on any atom is 0.330 e. The fraction of sp³-hybridized carbons (Fsp3) is 0.462. The minimum Gasteiger partial charge on any atom is -0.481 e. The van der Waals surface area contributed by atoms with Crippen LogP contribution in [0.3, 0.4) is 0 Å². The van der Waals surface area contributed by atoms with E-state index < -0.39 is 29.8 Å². The summed E-state index contributed by atoms with van der Waals surface area (Å²) in [5.41, 5.74) is 2.04. The van der Waals surface area contributed by atoms with Gasteiger partial charge < -0.3 is 19.6 Å². The summed E-state index contributed by atoms with van der Waals surface area (Å²) in [6.07, 6.45) is 2.30. The Bertz CT molecular complexity index is 1260. The van der Waals surface area contributed by atoms with E-state index in [2.05, 4.69) is 15.3 Å². The SMILES string of the molecule is O=C(O)C1CCC(OC(F)(C(=O)Cc2ccc(Nc3nc4ccccc4o3)c(Cl)n2)N2CCCC2)CC1. The van der Waals surface area contributed by atoms with Crippen molar-refractivity contribution < 1.29 is 28.2 Å². The van der Waals surface area contributed by atoms with Crippen molar-refractivity contribution in [3.63, 3.8) is 0 Å². The molecule has 196 valence electrons. The average molecular weight is 531 g/mol. The molecule has 1 aliphatic carbocycles. The van der Waals surface area contributed by atoms with Gasteiger partial charge in [-0.3, -0.25) is 9.59 Å². The number of oxazole rings is 1. The number of para-hydroxylation sites is 2. The van der Waals surface area contributed by atoms with Crippen molar-refractivity contribution in [3.05, 3.63) is 47.2 Å². The van der Waals surface area contributed by atoms with Crippen molar-refractivity contribution in [3.8, 4) is 0 Å². The van der Waals surface area contributed by atoms with Crippen LogP contribution in [0.1, 0.15) is 44.2 Å². The van der Waals surface area contributed by atoms with Crippen LogP contribution in [-0.2, 0) is 20.7 Å². The van der Waals surface area contributed by atoms with Gasteiger partial charge in [-0.25, -0.2) is 9.88 Å². The lowest BCUT2D eigenvalue weighted by atomic mass is 9.87. The topological polar surface area (TPSA) is 118 Å². The summed E-state index contributed by atoms with van der Waals surface area (Å²) in [6, 6.07) is 10.8. The van der Waals surface area contributed by atoms with Gasteiger partial charge in [0.05, 0.1) is 24.1 Å². The van der Waals surface area contributed by atoms with Crippen LogP contribution in [0.4, 0.5) is 16.1 Å². The third-order valence-electron chi connectivity index (χ3n) is 6.99. The maximum atomic E-state index is 16.3. The van der Waals surface area contributed by atoms with Crippen molar-refractivity contribution in [2.45, 2.75) is 57.0 Å². The first kappa shape index (κ1) is 25.6. The zero-order chi connectivity index (χ0) is 26.0. The molecule has 1 aliphatic heterocycles. The Morgan fingerprint density at radius 2 is 1.86 bits per heavy atom. The van der Waals surface area contributed by atoms with Crippen LogP contribution < -0.4 is 5.32 Å². The lowest BCUT2D eigenvalue weighted by Gasteiger charge is -2.37. The summed E-state index contributed by atoms with van der Waals surface area (Å²) in [4.78, 5) is 34.6. The number of carbonyl (C=O) groups excluding carboxylic acids is 1. The lowest BCUT2D eigenvalue weighted by molar-refractivity contribution is -0.252. The van der Waals surface area contributed by atoms with Gasteiger partial charge in [-0.2, -0.15) is 9.37 Å². The number of halogens is 2. The maximum absolute atomic E-state index is 16.3. The number of carbonyl (C=O) groups is 2. The molecule has 1 saturated heterocycles. The van der Waals surface area contributed by atoms with E-state index in [-0.39, 0.29) is 17.6 Å². The van der Waals surface area contributed by atoms with E-state index in [0.29, 0.717) is 61.3 Å². The number of fused-ring (bicyclic) bond motifs is 1. The normalized spacial score (nSPS) is 22.1. The van der Waals surface area contributed by atoms with Gasteiger partial charge in [-0.15, -0.1) is 0 Å². The molecular formula is C26H28ClFN4O5. The van der Waals surface area contributed by atoms with E-state index in [1.165, 1.54) is 4.90 Å². The number of carboxylic acid groups (broad SMARTS) is 1. The monoisotopic (exact) mass is 530 g/mol. The van der Waals surface area contributed by atoms with Crippen LogP contribution in [0.25, 0.3) is 11.1 Å². The number of aromatic nitrogens is 2. The van der Waals surface area contributed by atoms with Crippen molar-refractivity contribution >= 4 is 46.2 Å². The molecule has 9 nitrogen and oxygen atoms in total. The second-order valence-corrected chi connectivity index (χ2v) is 9.90. The predicted octanol–water partition coefficient (Wildman–Crippen LogP) is 5.11. The summed E-state index contributed by atoms with van der Waals surface area (Å²) in [5, 5.41) is 12.3. The first-order valence-electron chi connectivity index (χ1n) is 12.5. The van der Waals surface area contributed by atoms with E-state index in [4.69, 9.17) is 20.8 Å². The van der Waals surface area contributed by atoms with Crippen LogP contribution in [0, 0.1) is 5.92 Å². The fourth-order valence-corrected chi connectivity index (χ4v) is 5.17. The van der Waals surface area contributed by atoms with Crippen molar-refractivity contribution in [1.82, 2.24) is 14.9 Å². The minimum absolute atomic E-state index is 0.0890. The molecule has 3 heterocycles.